The quantitative estimate of drug-likeness (QED) is 0.694. The molecule has 118 valence electrons. The summed E-state index contributed by atoms with van der Waals surface area (Å²) >= 11 is 0. The van der Waals surface area contributed by atoms with Gasteiger partial charge in [0.05, 0.1) is 11.4 Å². The molecular formula is C19H20N2O2. The van der Waals surface area contributed by atoms with Crippen molar-refractivity contribution < 1.29 is 9.53 Å². The molecule has 3 atom stereocenters. The third-order valence-electron chi connectivity index (χ3n) is 4.75. The number of fused-ring (bicyclic) bond motifs is 1. The van der Waals surface area contributed by atoms with Gasteiger partial charge < -0.3 is 4.74 Å². The van der Waals surface area contributed by atoms with Crippen LogP contribution in [0.4, 0.5) is 11.4 Å². The Balaban J connectivity index is 1.65. The van der Waals surface area contributed by atoms with Crippen molar-refractivity contribution in [1.82, 2.24) is 5.43 Å². The number of carbonyl (C=O) groups is 1. The molecule has 1 aliphatic heterocycles. The first kappa shape index (κ1) is 14.3. The molecule has 1 heterocycles. The average Bonchev–Trinajstić information content (AvgIpc) is 3.15. The molecule has 0 unspecified atom stereocenters. The van der Waals surface area contributed by atoms with Crippen LogP contribution in [-0.2, 0) is 9.53 Å². The van der Waals surface area contributed by atoms with E-state index in [0.29, 0.717) is 0 Å². The molecular weight excluding hydrogens is 288 g/mol. The van der Waals surface area contributed by atoms with E-state index in [1.165, 1.54) is 0 Å². The van der Waals surface area contributed by atoms with Gasteiger partial charge in [-0.15, -0.1) is 0 Å². The average molecular weight is 308 g/mol. The fourth-order valence-electron chi connectivity index (χ4n) is 3.62. The van der Waals surface area contributed by atoms with E-state index in [0.717, 1.165) is 30.6 Å². The Kier molecular flexibility index (Phi) is 3.75. The van der Waals surface area contributed by atoms with Gasteiger partial charge in [-0.1, -0.05) is 36.4 Å². The van der Waals surface area contributed by atoms with Crippen molar-refractivity contribution in [3.8, 4) is 0 Å². The molecule has 23 heavy (non-hydrogen) atoms. The third kappa shape index (κ3) is 2.70. The number of carbonyl (C=O) groups excluding carboxylic acids is 1. The second kappa shape index (κ2) is 6.05. The monoisotopic (exact) mass is 308 g/mol. The van der Waals surface area contributed by atoms with Crippen LogP contribution in [0, 0.1) is 5.92 Å². The first-order chi connectivity index (χ1) is 11.3. The third-order valence-corrected chi connectivity index (χ3v) is 4.75. The molecule has 1 saturated heterocycles. The summed E-state index contributed by atoms with van der Waals surface area (Å²) in [6.45, 7) is 0. The van der Waals surface area contributed by atoms with Gasteiger partial charge in [0.1, 0.15) is 12.1 Å². The van der Waals surface area contributed by atoms with Gasteiger partial charge in [-0.25, -0.2) is 5.43 Å². The number of hydrogen-bond acceptors (Lipinski definition) is 4. The molecule has 4 rings (SSSR count). The van der Waals surface area contributed by atoms with Crippen molar-refractivity contribution in [2.24, 2.45) is 5.92 Å². The summed E-state index contributed by atoms with van der Waals surface area (Å²) in [6.07, 6.45) is 3.27. The number of ether oxygens (including phenoxy) is 1. The molecule has 0 amide bonds. The van der Waals surface area contributed by atoms with Crippen molar-refractivity contribution in [3.63, 3.8) is 0 Å². The van der Waals surface area contributed by atoms with Crippen molar-refractivity contribution in [3.05, 3.63) is 60.7 Å². The van der Waals surface area contributed by atoms with E-state index in [1.54, 1.807) is 0 Å². The predicted octanol–water partition coefficient (Wildman–Crippen LogP) is 3.42. The van der Waals surface area contributed by atoms with E-state index in [1.807, 2.05) is 65.7 Å². The van der Waals surface area contributed by atoms with Crippen LogP contribution in [0.15, 0.2) is 60.7 Å². The number of benzene rings is 2. The van der Waals surface area contributed by atoms with Gasteiger partial charge in [0.2, 0.25) is 0 Å². The zero-order chi connectivity index (χ0) is 15.6. The van der Waals surface area contributed by atoms with Crippen molar-refractivity contribution >= 4 is 17.3 Å². The van der Waals surface area contributed by atoms with Crippen LogP contribution in [0.2, 0.25) is 0 Å². The summed E-state index contributed by atoms with van der Waals surface area (Å²) in [4.78, 5) is 12.3. The Morgan fingerprint density at radius 1 is 0.913 bits per heavy atom. The van der Waals surface area contributed by atoms with Gasteiger partial charge in [-0.05, 0) is 43.5 Å². The number of anilines is 2. The first-order valence-electron chi connectivity index (χ1n) is 8.20. The molecule has 2 fully saturated rings. The number of rotatable bonds is 4. The van der Waals surface area contributed by atoms with E-state index in [-0.39, 0.29) is 24.0 Å². The second-order valence-corrected chi connectivity index (χ2v) is 6.18. The number of hydrazine groups is 1. The predicted molar refractivity (Wildman–Crippen MR) is 89.2 cm³/mol. The zero-order valence-corrected chi connectivity index (χ0v) is 12.9. The fraction of sp³-hybridized carbons (Fsp3) is 0.316. The highest BCUT2D eigenvalue weighted by atomic mass is 16.6. The number of nitrogens with one attached hydrogen (secondary N) is 1. The summed E-state index contributed by atoms with van der Waals surface area (Å²) in [7, 11) is 0. The van der Waals surface area contributed by atoms with Crippen LogP contribution in [0.1, 0.15) is 19.3 Å². The smallest absolute Gasteiger partial charge is 0.325 e. The summed E-state index contributed by atoms with van der Waals surface area (Å²) in [5.74, 6) is 0.147. The molecule has 2 aromatic rings. The largest absolute Gasteiger partial charge is 0.461 e. The molecule has 0 spiro atoms. The highest BCUT2D eigenvalue weighted by molar-refractivity contribution is 5.80. The zero-order valence-electron chi connectivity index (χ0n) is 12.9. The first-order valence-corrected chi connectivity index (χ1v) is 8.20. The second-order valence-electron chi connectivity index (χ2n) is 6.18. The van der Waals surface area contributed by atoms with Crippen LogP contribution in [0.25, 0.3) is 0 Å². The molecule has 4 nitrogen and oxygen atoms in total. The highest BCUT2D eigenvalue weighted by Crippen LogP contribution is 2.37. The highest BCUT2D eigenvalue weighted by Gasteiger charge is 2.47. The molecule has 1 aliphatic carbocycles. The molecule has 1 N–H and O–H groups in total. The van der Waals surface area contributed by atoms with E-state index < -0.39 is 0 Å². The van der Waals surface area contributed by atoms with Gasteiger partial charge in [-0.2, -0.15) is 0 Å². The van der Waals surface area contributed by atoms with E-state index in [4.69, 9.17) is 4.74 Å². The maximum absolute atomic E-state index is 12.3. The SMILES string of the molecule is O=C1O[C@@H]2CCC[C@@H]2[C@@H]1NN(c1ccccc1)c1ccccc1. The Hall–Kier alpha value is -2.33. The molecule has 0 radical (unpaired) electrons. The Bertz CT molecular complexity index is 635. The summed E-state index contributed by atoms with van der Waals surface area (Å²) < 4.78 is 5.54. The lowest BCUT2D eigenvalue weighted by Gasteiger charge is -2.29. The van der Waals surface area contributed by atoms with E-state index in [9.17, 15) is 4.79 Å². The molecule has 2 aliphatic rings. The van der Waals surface area contributed by atoms with Gasteiger partial charge >= 0.3 is 5.97 Å². The van der Waals surface area contributed by atoms with Crippen LogP contribution < -0.4 is 10.4 Å². The van der Waals surface area contributed by atoms with Crippen LogP contribution in [-0.4, -0.2) is 18.1 Å². The van der Waals surface area contributed by atoms with Gasteiger partial charge in [0, 0.05) is 5.92 Å². The van der Waals surface area contributed by atoms with Crippen LogP contribution >= 0.6 is 0 Å². The normalized spacial score (nSPS) is 25.9. The van der Waals surface area contributed by atoms with Crippen LogP contribution in [0.5, 0.6) is 0 Å². The van der Waals surface area contributed by atoms with Crippen molar-refractivity contribution in [2.75, 3.05) is 5.01 Å². The number of para-hydroxylation sites is 2. The minimum absolute atomic E-state index is 0.0911. The van der Waals surface area contributed by atoms with Crippen LogP contribution in [0.3, 0.4) is 0 Å². The van der Waals surface area contributed by atoms with E-state index >= 15 is 0 Å². The maximum Gasteiger partial charge on any atom is 0.325 e. The lowest BCUT2D eigenvalue weighted by atomic mass is 10.00. The van der Waals surface area contributed by atoms with Gasteiger partial charge in [0.25, 0.3) is 0 Å². The summed E-state index contributed by atoms with van der Waals surface area (Å²) in [5.41, 5.74) is 5.44. The molecule has 0 bridgehead atoms. The van der Waals surface area contributed by atoms with Gasteiger partial charge in [-0.3, -0.25) is 9.80 Å². The fourth-order valence-corrected chi connectivity index (χ4v) is 3.62. The molecule has 2 aromatic carbocycles. The topological polar surface area (TPSA) is 41.6 Å². The molecule has 0 aromatic heterocycles. The minimum Gasteiger partial charge on any atom is -0.461 e. The summed E-state index contributed by atoms with van der Waals surface area (Å²) in [6, 6.07) is 19.8. The van der Waals surface area contributed by atoms with E-state index in [2.05, 4.69) is 5.43 Å². The number of nitrogens with zero attached hydrogens (tertiary/aromatic N) is 1. The lowest BCUT2D eigenvalue weighted by Crippen LogP contribution is -2.47. The number of hydrogen-bond donors (Lipinski definition) is 1. The molecule has 1 saturated carbocycles. The standard InChI is InChI=1S/C19H20N2O2/c22-19-18(16-12-7-13-17(16)23-19)20-21(14-8-3-1-4-9-14)15-10-5-2-6-11-15/h1-6,8-11,16-18,20H,7,12-13H2/t16-,17+,18-/m0/s1. The maximum atomic E-state index is 12.3. The Labute approximate surface area is 136 Å². The lowest BCUT2D eigenvalue weighted by molar-refractivity contribution is -0.143. The number of esters is 1. The van der Waals surface area contributed by atoms with Gasteiger partial charge in [0.15, 0.2) is 0 Å². The van der Waals surface area contributed by atoms with Crippen molar-refractivity contribution in [1.29, 1.82) is 0 Å². The Morgan fingerprint density at radius 3 is 2.13 bits per heavy atom. The molecule has 4 heteroatoms. The Morgan fingerprint density at radius 2 is 1.52 bits per heavy atom. The summed E-state index contributed by atoms with van der Waals surface area (Å²) in [5, 5.41) is 1.99. The minimum atomic E-state index is -0.275. The van der Waals surface area contributed by atoms with Crippen molar-refractivity contribution in [2.45, 2.75) is 31.4 Å².